The average Bonchev–Trinajstić information content (AvgIpc) is 3.19. The van der Waals surface area contributed by atoms with Gasteiger partial charge >= 0.3 is 0 Å². The Hall–Kier alpha value is -2.56. The molecule has 0 atom stereocenters. The van der Waals surface area contributed by atoms with Crippen molar-refractivity contribution in [3.05, 3.63) is 35.5 Å². The molecule has 0 bridgehead atoms. The van der Waals surface area contributed by atoms with E-state index in [1.165, 1.54) is 0 Å². The van der Waals surface area contributed by atoms with E-state index in [1.807, 2.05) is 6.92 Å². The first-order valence-electron chi connectivity index (χ1n) is 10.4. The van der Waals surface area contributed by atoms with Gasteiger partial charge in [0.15, 0.2) is 17.4 Å². The van der Waals surface area contributed by atoms with Crippen LogP contribution in [-0.4, -0.2) is 64.3 Å². The number of hydrogen-bond acceptors (Lipinski definition) is 8. The molecule has 0 saturated heterocycles. The number of carbonyl (C=O) groups is 1. The van der Waals surface area contributed by atoms with Gasteiger partial charge in [-0.2, -0.15) is 5.10 Å². The van der Waals surface area contributed by atoms with Crippen molar-refractivity contribution in [2.45, 2.75) is 25.5 Å². The van der Waals surface area contributed by atoms with E-state index in [2.05, 4.69) is 32.6 Å². The highest BCUT2D eigenvalue weighted by molar-refractivity contribution is 7.99. The molecule has 3 aromatic rings. The van der Waals surface area contributed by atoms with Gasteiger partial charge in [0.2, 0.25) is 0 Å². The van der Waals surface area contributed by atoms with Gasteiger partial charge in [0, 0.05) is 24.7 Å². The van der Waals surface area contributed by atoms with E-state index in [1.54, 1.807) is 46.9 Å². The first kappa shape index (κ1) is 24.1. The highest BCUT2D eigenvalue weighted by atomic mass is 35.5. The maximum atomic E-state index is 12.1. The summed E-state index contributed by atoms with van der Waals surface area (Å²) in [5, 5.41) is 12.7. The Kier molecular flexibility index (Phi) is 9.39. The van der Waals surface area contributed by atoms with Crippen LogP contribution >= 0.6 is 23.4 Å². The summed E-state index contributed by atoms with van der Waals surface area (Å²) in [6, 6.07) is 6.86. The molecule has 1 amide bonds. The highest BCUT2D eigenvalue weighted by Gasteiger charge is 2.13. The fraction of sp³-hybridized carbons (Fsp3) is 0.429. The lowest BCUT2D eigenvalue weighted by atomic mass is 10.3. The first-order valence-corrected chi connectivity index (χ1v) is 11.8. The van der Waals surface area contributed by atoms with Crippen molar-refractivity contribution in [1.82, 2.24) is 25.1 Å². The van der Waals surface area contributed by atoms with Crippen LogP contribution in [0.5, 0.6) is 5.75 Å². The summed E-state index contributed by atoms with van der Waals surface area (Å²) in [6.07, 6.45) is 1.74. The Labute approximate surface area is 196 Å². The minimum absolute atomic E-state index is 0.0746. The van der Waals surface area contributed by atoms with Crippen LogP contribution in [0.2, 0.25) is 5.02 Å². The van der Waals surface area contributed by atoms with Gasteiger partial charge < -0.3 is 20.1 Å². The molecule has 0 spiro atoms. The quantitative estimate of drug-likeness (QED) is 0.219. The van der Waals surface area contributed by atoms with Crippen LogP contribution in [0.3, 0.4) is 0 Å². The fourth-order valence-corrected chi connectivity index (χ4v) is 3.54. The van der Waals surface area contributed by atoms with E-state index in [9.17, 15) is 4.79 Å². The second kappa shape index (κ2) is 12.5. The maximum Gasteiger partial charge on any atom is 0.258 e. The molecule has 172 valence electrons. The van der Waals surface area contributed by atoms with Crippen molar-refractivity contribution in [1.29, 1.82) is 0 Å². The zero-order valence-corrected chi connectivity index (χ0v) is 19.7. The van der Waals surface area contributed by atoms with Gasteiger partial charge in [-0.25, -0.2) is 14.6 Å². The number of nitrogens with zero attached hydrogens (tertiary/aromatic N) is 4. The summed E-state index contributed by atoms with van der Waals surface area (Å²) < 4.78 is 12.6. The third-order valence-electron chi connectivity index (χ3n) is 4.32. The van der Waals surface area contributed by atoms with Crippen LogP contribution in [-0.2, 0) is 16.1 Å². The van der Waals surface area contributed by atoms with E-state index >= 15 is 0 Å². The summed E-state index contributed by atoms with van der Waals surface area (Å²) in [6.45, 7) is 6.72. The van der Waals surface area contributed by atoms with E-state index in [0.29, 0.717) is 48.8 Å². The molecule has 2 aromatic heterocycles. The van der Waals surface area contributed by atoms with E-state index in [-0.39, 0.29) is 12.5 Å². The Morgan fingerprint density at radius 2 is 2.00 bits per heavy atom. The number of benzene rings is 1. The molecule has 32 heavy (non-hydrogen) atoms. The number of aromatic nitrogens is 4. The van der Waals surface area contributed by atoms with Gasteiger partial charge in [0.25, 0.3) is 5.91 Å². The van der Waals surface area contributed by atoms with Crippen molar-refractivity contribution >= 4 is 46.1 Å². The minimum Gasteiger partial charge on any atom is -0.484 e. The van der Waals surface area contributed by atoms with Crippen molar-refractivity contribution in [3.8, 4) is 5.75 Å². The van der Waals surface area contributed by atoms with Crippen molar-refractivity contribution in [2.75, 3.05) is 44.0 Å². The van der Waals surface area contributed by atoms with Gasteiger partial charge in [0.05, 0.1) is 24.7 Å². The monoisotopic (exact) mass is 478 g/mol. The number of halogens is 1. The molecule has 0 saturated carbocycles. The Bertz CT molecular complexity index is 1010. The molecule has 3 rings (SSSR count). The molecule has 0 aliphatic heterocycles. The van der Waals surface area contributed by atoms with Gasteiger partial charge in [-0.1, -0.05) is 30.3 Å². The standard InChI is InChI=1S/C21H27ClN6O3S/c1-3-30-12-10-24-19-17-13-25-28(20(17)27-21(26-19)32-4-2)11-9-23-18(29)14-31-16-7-5-15(22)6-8-16/h5-8,13H,3-4,9-12,14H2,1-2H3,(H,23,29)(H,24,26,27). The van der Waals surface area contributed by atoms with Crippen LogP contribution in [0.4, 0.5) is 5.82 Å². The molecule has 0 radical (unpaired) electrons. The lowest BCUT2D eigenvalue weighted by molar-refractivity contribution is -0.123. The van der Waals surface area contributed by atoms with Crippen molar-refractivity contribution in [2.24, 2.45) is 0 Å². The number of ether oxygens (including phenoxy) is 2. The number of rotatable bonds is 13. The molecule has 0 fully saturated rings. The zero-order valence-electron chi connectivity index (χ0n) is 18.1. The third-order valence-corrected chi connectivity index (χ3v) is 5.30. The van der Waals surface area contributed by atoms with Crippen molar-refractivity contribution < 1.29 is 14.3 Å². The summed E-state index contributed by atoms with van der Waals surface area (Å²) in [5.41, 5.74) is 0.724. The van der Waals surface area contributed by atoms with Crippen LogP contribution < -0.4 is 15.4 Å². The summed E-state index contributed by atoms with van der Waals surface area (Å²) in [4.78, 5) is 21.3. The average molecular weight is 479 g/mol. The molecule has 0 aliphatic carbocycles. The number of hydrogen-bond donors (Lipinski definition) is 2. The Balaban J connectivity index is 1.58. The summed E-state index contributed by atoms with van der Waals surface area (Å²) >= 11 is 7.41. The van der Waals surface area contributed by atoms with Crippen LogP contribution in [0.25, 0.3) is 11.0 Å². The van der Waals surface area contributed by atoms with Crippen LogP contribution in [0.1, 0.15) is 13.8 Å². The molecule has 2 heterocycles. The minimum atomic E-state index is -0.216. The molecule has 9 nitrogen and oxygen atoms in total. The van der Waals surface area contributed by atoms with E-state index in [4.69, 9.17) is 21.1 Å². The van der Waals surface area contributed by atoms with E-state index in [0.717, 1.165) is 22.6 Å². The van der Waals surface area contributed by atoms with Crippen molar-refractivity contribution in [3.63, 3.8) is 0 Å². The SMILES string of the molecule is CCOCCNc1nc(SCC)nc2c1cnn2CCNC(=O)COc1ccc(Cl)cc1. The van der Waals surface area contributed by atoms with Gasteiger partial charge in [-0.3, -0.25) is 4.79 Å². The summed E-state index contributed by atoms with van der Waals surface area (Å²) in [5.74, 6) is 1.97. The number of fused-ring (bicyclic) bond motifs is 1. The number of thioether (sulfide) groups is 1. The predicted molar refractivity (Wildman–Crippen MR) is 127 cm³/mol. The normalized spacial score (nSPS) is 11.0. The largest absolute Gasteiger partial charge is 0.484 e. The molecular formula is C21H27ClN6O3S. The topological polar surface area (TPSA) is 103 Å². The lowest BCUT2D eigenvalue weighted by Gasteiger charge is -2.10. The van der Waals surface area contributed by atoms with E-state index < -0.39 is 0 Å². The van der Waals surface area contributed by atoms with Crippen LogP contribution in [0, 0.1) is 0 Å². The van der Waals surface area contributed by atoms with Gasteiger partial charge in [-0.15, -0.1) is 0 Å². The first-order chi connectivity index (χ1) is 15.6. The molecule has 2 N–H and O–H groups in total. The summed E-state index contributed by atoms with van der Waals surface area (Å²) in [7, 11) is 0. The maximum absolute atomic E-state index is 12.1. The molecular weight excluding hydrogens is 452 g/mol. The molecule has 11 heteroatoms. The smallest absolute Gasteiger partial charge is 0.258 e. The number of carbonyl (C=O) groups excluding carboxylic acids is 1. The zero-order chi connectivity index (χ0) is 22.8. The number of amides is 1. The second-order valence-electron chi connectivity index (χ2n) is 6.61. The highest BCUT2D eigenvalue weighted by Crippen LogP contribution is 2.24. The third kappa shape index (κ3) is 6.98. The van der Waals surface area contributed by atoms with Crippen LogP contribution in [0.15, 0.2) is 35.6 Å². The Morgan fingerprint density at radius 3 is 2.75 bits per heavy atom. The number of anilines is 1. The lowest BCUT2D eigenvalue weighted by Crippen LogP contribution is -2.31. The number of nitrogens with one attached hydrogen (secondary N) is 2. The van der Waals surface area contributed by atoms with Gasteiger partial charge in [-0.05, 0) is 36.9 Å². The molecule has 0 unspecified atom stereocenters. The fourth-order valence-electron chi connectivity index (χ4n) is 2.85. The predicted octanol–water partition coefficient (Wildman–Crippen LogP) is 3.24. The Morgan fingerprint density at radius 1 is 1.19 bits per heavy atom. The molecule has 1 aromatic carbocycles. The second-order valence-corrected chi connectivity index (χ2v) is 8.28. The van der Waals surface area contributed by atoms with Gasteiger partial charge in [0.1, 0.15) is 11.6 Å². The molecule has 0 aliphatic rings.